The largest absolute Gasteiger partial charge is 0.480 e. The Kier molecular flexibility index (Phi) is 13.4. The normalized spacial score (nSPS) is 15.6. The first-order chi connectivity index (χ1) is 14.4. The molecule has 0 aromatic carbocycles. The molecule has 0 aliphatic carbocycles. The molecule has 0 fully saturated rings. The summed E-state index contributed by atoms with van der Waals surface area (Å²) in [5.74, 6) is -4.29. The number of amides is 4. The van der Waals surface area contributed by atoms with Crippen LogP contribution in [-0.4, -0.2) is 93.8 Å². The highest BCUT2D eigenvalue weighted by molar-refractivity contribution is 7.98. The van der Waals surface area contributed by atoms with Crippen molar-refractivity contribution in [2.24, 2.45) is 11.5 Å². The van der Waals surface area contributed by atoms with Crippen molar-refractivity contribution in [3.05, 3.63) is 0 Å². The summed E-state index contributed by atoms with van der Waals surface area (Å²) in [5.41, 5.74) is 10.5. The molecule has 0 saturated carbocycles. The number of carboxylic acids is 1. The number of hydrogen-bond donors (Lipinski definition) is 8. The van der Waals surface area contributed by atoms with Gasteiger partial charge in [0.05, 0.1) is 12.7 Å². The molecule has 31 heavy (non-hydrogen) atoms. The number of carbonyl (C=O) groups is 5. The average molecular weight is 466 g/mol. The lowest BCUT2D eigenvalue weighted by atomic mass is 10.1. The van der Waals surface area contributed by atoms with Crippen LogP contribution < -0.4 is 27.4 Å². The molecule has 10 N–H and O–H groups in total. The molecule has 4 amide bonds. The SMILES string of the molecule is CSCCC(NC(=O)C(N)CO)C(=O)NC(CCC(N)=O)C(=O)NC(C(=O)O)C(C)O. The number of thioether (sulfide) groups is 1. The van der Waals surface area contributed by atoms with Crippen LogP contribution in [0.25, 0.3) is 0 Å². The Bertz CT molecular complexity index is 648. The second kappa shape index (κ2) is 14.6. The number of hydrogen-bond acceptors (Lipinski definition) is 9. The summed E-state index contributed by atoms with van der Waals surface area (Å²) >= 11 is 1.40. The molecule has 0 heterocycles. The highest BCUT2D eigenvalue weighted by atomic mass is 32.2. The lowest BCUT2D eigenvalue weighted by Crippen LogP contribution is -2.58. The third-order valence-corrected chi connectivity index (χ3v) is 4.78. The molecule has 0 spiro atoms. The Hall–Kier alpha value is -2.42. The van der Waals surface area contributed by atoms with Crippen LogP contribution in [0, 0.1) is 0 Å². The molecule has 5 atom stereocenters. The fourth-order valence-corrected chi connectivity index (χ4v) is 2.81. The van der Waals surface area contributed by atoms with Gasteiger partial charge in [-0.15, -0.1) is 0 Å². The minimum Gasteiger partial charge on any atom is -0.480 e. The van der Waals surface area contributed by atoms with E-state index in [0.29, 0.717) is 5.75 Å². The van der Waals surface area contributed by atoms with Crippen LogP contribution in [0.2, 0.25) is 0 Å². The van der Waals surface area contributed by atoms with E-state index in [1.54, 1.807) is 6.26 Å². The van der Waals surface area contributed by atoms with E-state index in [1.807, 2.05) is 0 Å². The molecule has 0 saturated heterocycles. The molecule has 5 unspecified atom stereocenters. The summed E-state index contributed by atoms with van der Waals surface area (Å²) in [6.07, 6.45) is -0.00328. The van der Waals surface area contributed by atoms with Gasteiger partial charge in [-0.1, -0.05) is 0 Å². The number of aliphatic hydroxyl groups excluding tert-OH is 2. The van der Waals surface area contributed by atoms with Crippen LogP contribution in [0.1, 0.15) is 26.2 Å². The van der Waals surface area contributed by atoms with Gasteiger partial charge in [0.25, 0.3) is 0 Å². The van der Waals surface area contributed by atoms with Gasteiger partial charge in [0.15, 0.2) is 6.04 Å². The molecule has 13 nitrogen and oxygen atoms in total. The zero-order chi connectivity index (χ0) is 24.1. The predicted octanol–water partition coefficient (Wildman–Crippen LogP) is -3.76. The number of nitrogens with two attached hydrogens (primary N) is 2. The van der Waals surface area contributed by atoms with Crippen LogP contribution in [0.15, 0.2) is 0 Å². The van der Waals surface area contributed by atoms with Crippen LogP contribution in [-0.2, 0) is 24.0 Å². The summed E-state index contributed by atoms with van der Waals surface area (Å²) in [6.45, 7) is 0.525. The second-order valence-corrected chi connectivity index (χ2v) is 7.75. The Morgan fingerprint density at radius 3 is 1.94 bits per heavy atom. The maximum absolute atomic E-state index is 12.7. The van der Waals surface area contributed by atoms with E-state index in [1.165, 1.54) is 11.8 Å². The van der Waals surface area contributed by atoms with Gasteiger partial charge in [-0.25, -0.2) is 4.79 Å². The first-order valence-corrected chi connectivity index (χ1v) is 10.8. The number of rotatable bonds is 15. The fourth-order valence-electron chi connectivity index (χ4n) is 2.34. The number of nitrogens with one attached hydrogen (secondary N) is 3. The van der Waals surface area contributed by atoms with Gasteiger partial charge in [-0.2, -0.15) is 11.8 Å². The lowest BCUT2D eigenvalue weighted by molar-refractivity contribution is -0.145. The molecule has 0 radical (unpaired) electrons. The van der Waals surface area contributed by atoms with Gasteiger partial charge in [-0.3, -0.25) is 19.2 Å². The summed E-state index contributed by atoms with van der Waals surface area (Å²) < 4.78 is 0. The number of aliphatic hydroxyl groups is 2. The van der Waals surface area contributed by atoms with Crippen molar-refractivity contribution in [1.82, 2.24) is 16.0 Å². The van der Waals surface area contributed by atoms with E-state index < -0.39 is 66.5 Å². The molecule has 0 aromatic heterocycles. The quantitative estimate of drug-likeness (QED) is 0.118. The van der Waals surface area contributed by atoms with E-state index in [4.69, 9.17) is 21.7 Å². The zero-order valence-corrected chi connectivity index (χ0v) is 18.2. The average Bonchev–Trinajstić information content (AvgIpc) is 2.70. The summed E-state index contributed by atoms with van der Waals surface area (Å²) in [7, 11) is 0. The smallest absolute Gasteiger partial charge is 0.328 e. The maximum atomic E-state index is 12.7. The van der Waals surface area contributed by atoms with Gasteiger partial charge in [0.1, 0.15) is 18.1 Å². The minimum absolute atomic E-state index is 0.173. The Balaban J connectivity index is 5.47. The second-order valence-electron chi connectivity index (χ2n) is 6.76. The van der Waals surface area contributed by atoms with E-state index in [0.717, 1.165) is 6.92 Å². The van der Waals surface area contributed by atoms with E-state index >= 15 is 0 Å². The number of carbonyl (C=O) groups excluding carboxylic acids is 4. The van der Waals surface area contributed by atoms with Gasteiger partial charge in [0.2, 0.25) is 23.6 Å². The van der Waals surface area contributed by atoms with E-state index in [9.17, 15) is 29.1 Å². The van der Waals surface area contributed by atoms with E-state index in [-0.39, 0.29) is 19.3 Å². The Morgan fingerprint density at radius 2 is 1.48 bits per heavy atom. The highest BCUT2D eigenvalue weighted by Gasteiger charge is 2.31. The molecule has 14 heteroatoms. The molecule has 0 aromatic rings. The van der Waals surface area contributed by atoms with Gasteiger partial charge < -0.3 is 42.7 Å². The molecule has 178 valence electrons. The number of carboxylic acid groups (broad SMARTS) is 1. The standard InChI is InChI=1S/C17H31N5O8S/c1-8(24)13(17(29)30)22-16(28)10(3-4-12(19)25)21-15(27)11(5-6-31-2)20-14(26)9(18)7-23/h8-11,13,23-24H,3-7,18H2,1-2H3,(H2,19,25)(H,20,26)(H,21,27)(H,22,28)(H,29,30). The van der Waals surface area contributed by atoms with Crippen molar-refractivity contribution in [3.63, 3.8) is 0 Å². The molecule has 0 bridgehead atoms. The first-order valence-electron chi connectivity index (χ1n) is 9.40. The van der Waals surface area contributed by atoms with Crippen molar-refractivity contribution < 1.29 is 39.3 Å². The topological polar surface area (TPSA) is 234 Å². The maximum Gasteiger partial charge on any atom is 0.328 e. The van der Waals surface area contributed by atoms with Gasteiger partial charge in [0, 0.05) is 6.42 Å². The molecule has 0 rings (SSSR count). The predicted molar refractivity (Wildman–Crippen MR) is 112 cm³/mol. The third kappa shape index (κ3) is 11.0. The summed E-state index contributed by atoms with van der Waals surface area (Å²) in [6, 6.07) is -5.36. The lowest BCUT2D eigenvalue weighted by Gasteiger charge is -2.25. The first kappa shape index (κ1) is 28.6. The van der Waals surface area contributed by atoms with Crippen LogP contribution in [0.4, 0.5) is 0 Å². The Labute approximate surface area is 183 Å². The van der Waals surface area contributed by atoms with Gasteiger partial charge >= 0.3 is 5.97 Å². The minimum atomic E-state index is -1.64. The highest BCUT2D eigenvalue weighted by Crippen LogP contribution is 2.05. The van der Waals surface area contributed by atoms with Gasteiger partial charge in [-0.05, 0) is 31.8 Å². The van der Waals surface area contributed by atoms with Crippen LogP contribution in [0.3, 0.4) is 0 Å². The fraction of sp³-hybridized carbons (Fsp3) is 0.706. The monoisotopic (exact) mass is 465 g/mol. The van der Waals surface area contributed by atoms with Crippen molar-refractivity contribution in [1.29, 1.82) is 0 Å². The molecular formula is C17H31N5O8S. The number of primary amides is 1. The van der Waals surface area contributed by atoms with Crippen molar-refractivity contribution in [2.45, 2.75) is 56.5 Å². The molecule has 0 aliphatic heterocycles. The van der Waals surface area contributed by atoms with Crippen LogP contribution in [0.5, 0.6) is 0 Å². The third-order valence-electron chi connectivity index (χ3n) is 4.14. The Morgan fingerprint density at radius 1 is 0.968 bits per heavy atom. The zero-order valence-electron chi connectivity index (χ0n) is 17.4. The molecular weight excluding hydrogens is 434 g/mol. The molecule has 0 aliphatic rings. The van der Waals surface area contributed by atoms with E-state index in [2.05, 4.69) is 16.0 Å². The number of aliphatic carboxylic acids is 1. The van der Waals surface area contributed by atoms with Crippen molar-refractivity contribution in [2.75, 3.05) is 18.6 Å². The van der Waals surface area contributed by atoms with Crippen molar-refractivity contribution in [3.8, 4) is 0 Å². The summed E-state index contributed by atoms with van der Waals surface area (Å²) in [5, 5.41) is 34.5. The van der Waals surface area contributed by atoms with Crippen LogP contribution >= 0.6 is 11.8 Å². The summed E-state index contributed by atoms with van der Waals surface area (Å²) in [4.78, 5) is 59.5. The van der Waals surface area contributed by atoms with Crippen molar-refractivity contribution >= 4 is 41.4 Å².